The van der Waals surface area contributed by atoms with Crippen molar-refractivity contribution in [2.24, 2.45) is 0 Å². The molecule has 0 aliphatic carbocycles. The Bertz CT molecular complexity index is 1700. The first kappa shape index (κ1) is 21.6. The zero-order valence-corrected chi connectivity index (χ0v) is 19.5. The van der Waals surface area contributed by atoms with E-state index in [2.05, 4.69) is 46.5 Å². The first-order valence-electron chi connectivity index (χ1n) is 11.7. The van der Waals surface area contributed by atoms with Crippen LogP contribution in [0.3, 0.4) is 0 Å². The first-order valence-corrected chi connectivity index (χ1v) is 11.7. The first-order chi connectivity index (χ1) is 17.7. The van der Waals surface area contributed by atoms with Gasteiger partial charge in [-0.2, -0.15) is 5.10 Å². The van der Waals surface area contributed by atoms with Gasteiger partial charge in [0.05, 0.1) is 40.7 Å². The number of nitrogens with zero attached hydrogens (tertiary/aromatic N) is 5. The summed E-state index contributed by atoms with van der Waals surface area (Å²) in [5.41, 5.74) is 7.51. The highest BCUT2D eigenvalue weighted by Crippen LogP contribution is 2.33. The number of anilines is 1. The van der Waals surface area contributed by atoms with E-state index in [0.717, 1.165) is 62.1 Å². The number of aromatic nitrogens is 7. The van der Waals surface area contributed by atoms with E-state index < -0.39 is 0 Å². The van der Waals surface area contributed by atoms with Crippen molar-refractivity contribution in [3.8, 4) is 33.9 Å². The zero-order chi connectivity index (χ0) is 24.5. The number of hydrogen-bond donors (Lipinski definition) is 3. The highest BCUT2D eigenvalue weighted by molar-refractivity contribution is 6.00. The van der Waals surface area contributed by atoms with Gasteiger partial charge in [0.25, 0.3) is 0 Å². The van der Waals surface area contributed by atoms with E-state index in [1.165, 1.54) is 0 Å². The minimum atomic E-state index is -0.0311. The van der Waals surface area contributed by atoms with Gasteiger partial charge in [-0.05, 0) is 42.8 Å². The molecule has 0 saturated carbocycles. The molecule has 6 rings (SSSR count). The monoisotopic (exact) mass is 474 g/mol. The minimum absolute atomic E-state index is 0.0311. The van der Waals surface area contributed by atoms with Crippen LogP contribution in [0, 0.1) is 0 Å². The molecular formula is C27H22N8O. The Hall–Kier alpha value is -4.92. The number of aromatic amines is 2. The third-order valence-electron chi connectivity index (χ3n) is 6.00. The second kappa shape index (κ2) is 9.03. The van der Waals surface area contributed by atoms with Crippen LogP contribution < -0.4 is 5.32 Å². The molecule has 0 atom stereocenters. The van der Waals surface area contributed by atoms with Crippen molar-refractivity contribution in [3.05, 3.63) is 73.6 Å². The van der Waals surface area contributed by atoms with Crippen molar-refractivity contribution in [1.82, 2.24) is 35.1 Å². The molecule has 0 unspecified atom stereocenters. The predicted molar refractivity (Wildman–Crippen MR) is 139 cm³/mol. The number of nitrogens with one attached hydrogen (secondary N) is 3. The van der Waals surface area contributed by atoms with E-state index >= 15 is 0 Å². The van der Waals surface area contributed by atoms with E-state index in [-0.39, 0.29) is 5.91 Å². The fourth-order valence-electron chi connectivity index (χ4n) is 4.30. The molecule has 176 valence electrons. The number of carbonyl (C=O) groups is 1. The number of carbonyl (C=O) groups excluding carboxylic acids is 1. The molecule has 1 amide bonds. The maximum atomic E-state index is 12.0. The molecule has 0 saturated heterocycles. The normalized spacial score (nSPS) is 11.2. The Morgan fingerprint density at radius 2 is 1.72 bits per heavy atom. The minimum Gasteiger partial charge on any atom is -0.353 e. The number of pyridine rings is 4. The van der Waals surface area contributed by atoms with E-state index in [1.54, 1.807) is 37.2 Å². The summed E-state index contributed by atoms with van der Waals surface area (Å²) < 4.78 is 0. The smallest absolute Gasteiger partial charge is 0.224 e. The van der Waals surface area contributed by atoms with Crippen molar-refractivity contribution in [2.75, 3.05) is 5.32 Å². The maximum absolute atomic E-state index is 12.0. The Morgan fingerprint density at radius 1 is 0.861 bits per heavy atom. The average molecular weight is 475 g/mol. The van der Waals surface area contributed by atoms with Crippen LogP contribution in [-0.4, -0.2) is 41.0 Å². The van der Waals surface area contributed by atoms with Crippen molar-refractivity contribution in [1.29, 1.82) is 0 Å². The van der Waals surface area contributed by atoms with E-state index in [9.17, 15) is 4.79 Å². The van der Waals surface area contributed by atoms with Gasteiger partial charge in [0, 0.05) is 58.6 Å². The number of fused-ring (bicyclic) bond motifs is 2. The molecule has 0 radical (unpaired) electrons. The lowest BCUT2D eigenvalue weighted by Crippen LogP contribution is -2.10. The quantitative estimate of drug-likeness (QED) is 0.298. The van der Waals surface area contributed by atoms with Crippen LogP contribution in [-0.2, 0) is 4.79 Å². The molecule has 0 aliphatic rings. The summed E-state index contributed by atoms with van der Waals surface area (Å²) in [6.45, 7) is 1.97. The summed E-state index contributed by atoms with van der Waals surface area (Å²) >= 11 is 0. The van der Waals surface area contributed by atoms with Crippen molar-refractivity contribution < 1.29 is 4.79 Å². The van der Waals surface area contributed by atoms with Gasteiger partial charge in [0.2, 0.25) is 5.91 Å². The van der Waals surface area contributed by atoms with Crippen LogP contribution >= 0.6 is 0 Å². The van der Waals surface area contributed by atoms with Crippen LogP contribution in [0.4, 0.5) is 5.69 Å². The fraction of sp³-hybridized carbons (Fsp3) is 0.111. The summed E-state index contributed by atoms with van der Waals surface area (Å²) in [5, 5.41) is 12.5. The lowest BCUT2D eigenvalue weighted by Gasteiger charge is -2.06. The molecule has 6 aromatic heterocycles. The van der Waals surface area contributed by atoms with Crippen molar-refractivity contribution in [3.63, 3.8) is 0 Å². The number of H-pyrrole nitrogens is 2. The summed E-state index contributed by atoms with van der Waals surface area (Å²) in [5.74, 6) is -0.0311. The van der Waals surface area contributed by atoms with Crippen LogP contribution in [0.15, 0.2) is 73.6 Å². The van der Waals surface area contributed by atoms with Gasteiger partial charge < -0.3 is 10.3 Å². The molecule has 6 aromatic rings. The second-order valence-electron chi connectivity index (χ2n) is 8.49. The lowest BCUT2D eigenvalue weighted by atomic mass is 10.1. The molecule has 0 spiro atoms. The van der Waals surface area contributed by atoms with Crippen LogP contribution in [0.25, 0.3) is 55.7 Å². The average Bonchev–Trinajstić information content (AvgIpc) is 3.53. The summed E-state index contributed by atoms with van der Waals surface area (Å²) in [6.07, 6.45) is 11.7. The third kappa shape index (κ3) is 3.96. The molecule has 6 heterocycles. The van der Waals surface area contributed by atoms with E-state index in [1.807, 2.05) is 37.3 Å². The number of hydrogen-bond acceptors (Lipinski definition) is 6. The lowest BCUT2D eigenvalue weighted by molar-refractivity contribution is -0.116. The Kier molecular flexibility index (Phi) is 5.42. The molecule has 0 fully saturated rings. The molecule has 0 aromatic carbocycles. The Labute approximate surface area is 206 Å². The molecule has 9 heteroatoms. The highest BCUT2D eigenvalue weighted by atomic mass is 16.1. The Morgan fingerprint density at radius 3 is 2.58 bits per heavy atom. The van der Waals surface area contributed by atoms with E-state index in [0.29, 0.717) is 12.1 Å². The molecule has 0 bridgehead atoms. The largest absolute Gasteiger partial charge is 0.353 e. The van der Waals surface area contributed by atoms with Gasteiger partial charge in [-0.3, -0.25) is 29.8 Å². The molecule has 36 heavy (non-hydrogen) atoms. The standard InChI is InChI=1S/C27H22N8O/c1-2-3-25(36)32-18-10-17(13-29-14-18)22-11-20-24(15-31-22)34-35-27(20)23-12-19-21(33-23)6-9-30-26(19)16-4-7-28-8-5-16/h4-15,33H,2-3H2,1H3,(H,32,36)(H,34,35). The van der Waals surface area contributed by atoms with Gasteiger partial charge in [-0.1, -0.05) is 6.92 Å². The van der Waals surface area contributed by atoms with Crippen LogP contribution in [0.5, 0.6) is 0 Å². The van der Waals surface area contributed by atoms with Gasteiger partial charge in [-0.15, -0.1) is 0 Å². The van der Waals surface area contributed by atoms with Gasteiger partial charge in [-0.25, -0.2) is 0 Å². The zero-order valence-electron chi connectivity index (χ0n) is 19.5. The SMILES string of the molecule is CCCC(=O)Nc1cncc(-c2cc3c(-c4cc5c(-c6ccncc6)nccc5[nH]4)n[nH]c3cn2)c1. The van der Waals surface area contributed by atoms with Gasteiger partial charge >= 0.3 is 0 Å². The second-order valence-corrected chi connectivity index (χ2v) is 8.49. The number of amides is 1. The highest BCUT2D eigenvalue weighted by Gasteiger charge is 2.15. The molecule has 0 aliphatic heterocycles. The van der Waals surface area contributed by atoms with Gasteiger partial charge in [0.1, 0.15) is 5.69 Å². The molecular weight excluding hydrogens is 452 g/mol. The fourth-order valence-corrected chi connectivity index (χ4v) is 4.30. The summed E-state index contributed by atoms with van der Waals surface area (Å²) in [7, 11) is 0. The summed E-state index contributed by atoms with van der Waals surface area (Å²) in [4.78, 5) is 33.1. The topological polar surface area (TPSA) is 125 Å². The number of rotatable bonds is 6. The van der Waals surface area contributed by atoms with E-state index in [4.69, 9.17) is 0 Å². The maximum Gasteiger partial charge on any atom is 0.224 e. The third-order valence-corrected chi connectivity index (χ3v) is 6.00. The van der Waals surface area contributed by atoms with Crippen LogP contribution in [0.1, 0.15) is 19.8 Å². The summed E-state index contributed by atoms with van der Waals surface area (Å²) in [6, 6.07) is 11.8. The van der Waals surface area contributed by atoms with Gasteiger partial charge in [0.15, 0.2) is 0 Å². The van der Waals surface area contributed by atoms with Crippen LogP contribution in [0.2, 0.25) is 0 Å². The molecule has 3 N–H and O–H groups in total. The van der Waals surface area contributed by atoms with Crippen molar-refractivity contribution in [2.45, 2.75) is 19.8 Å². The van der Waals surface area contributed by atoms with Crippen molar-refractivity contribution >= 4 is 33.4 Å². The Balaban J connectivity index is 1.40. The predicted octanol–water partition coefficient (Wildman–Crippen LogP) is 5.36. The molecule has 9 nitrogen and oxygen atoms in total.